The molecule has 0 atom stereocenters. The van der Waals surface area contributed by atoms with E-state index >= 15 is 0 Å². The van der Waals surface area contributed by atoms with Gasteiger partial charge >= 0.3 is 26.2 Å². The Morgan fingerprint density at radius 1 is 0.900 bits per heavy atom. The topological polar surface area (TPSA) is 0 Å². The van der Waals surface area contributed by atoms with Crippen LogP contribution in [0.4, 0.5) is 0 Å². The molecular weight excluding hydrogens is 366 g/mol. The van der Waals surface area contributed by atoms with Crippen molar-refractivity contribution in [2.45, 2.75) is 39.5 Å². The number of unbranched alkanes of at least 4 members (excludes halogenated alkanes) is 2. The van der Waals surface area contributed by atoms with Gasteiger partial charge in [0.2, 0.25) is 0 Å². The summed E-state index contributed by atoms with van der Waals surface area (Å²) in [5.41, 5.74) is 0. The second kappa shape index (κ2) is 21.6. The van der Waals surface area contributed by atoms with Gasteiger partial charge in [0.1, 0.15) is 0 Å². The molecule has 0 saturated carbocycles. The fourth-order valence-electron chi connectivity index (χ4n) is 1.07. The predicted octanol–water partition coefficient (Wildman–Crippen LogP) is -0.195. The van der Waals surface area contributed by atoms with Crippen molar-refractivity contribution in [2.75, 3.05) is 0 Å². The van der Waals surface area contributed by atoms with Crippen LogP contribution in [-0.4, -0.2) is 0 Å². The van der Waals surface area contributed by atoms with Crippen molar-refractivity contribution >= 4 is 10.8 Å². The molecule has 0 aliphatic carbocycles. The van der Waals surface area contributed by atoms with Crippen LogP contribution in [0.1, 0.15) is 39.5 Å². The van der Waals surface area contributed by atoms with E-state index in [1.54, 1.807) is 0 Å². The van der Waals surface area contributed by atoms with Crippen LogP contribution < -0.4 is 24.8 Å². The Bertz CT molecular complexity index is 334. The molecule has 2 rings (SSSR count). The summed E-state index contributed by atoms with van der Waals surface area (Å²) >= 11 is 0. The van der Waals surface area contributed by atoms with Gasteiger partial charge < -0.3 is 38.7 Å². The van der Waals surface area contributed by atoms with E-state index in [-0.39, 0.29) is 51.0 Å². The van der Waals surface area contributed by atoms with Gasteiger partial charge in [-0.25, -0.2) is 0 Å². The van der Waals surface area contributed by atoms with Crippen molar-refractivity contribution in [2.24, 2.45) is 0 Å². The van der Waals surface area contributed by atoms with E-state index in [9.17, 15) is 0 Å². The van der Waals surface area contributed by atoms with Crippen LogP contribution in [0, 0.1) is 13.8 Å². The number of fused-ring (bicyclic) bond motifs is 1. The molecule has 0 nitrogen and oxygen atoms in total. The maximum absolute atomic E-state index is 3.60. The van der Waals surface area contributed by atoms with Gasteiger partial charge in [-0.2, -0.15) is 30.4 Å². The van der Waals surface area contributed by atoms with Gasteiger partial charge in [-0.05, 0) is 0 Å². The third-order valence-corrected chi connectivity index (χ3v) is 2.25. The third kappa shape index (κ3) is 14.7. The van der Waals surface area contributed by atoms with Crippen LogP contribution in [0.3, 0.4) is 0 Å². The molecule has 114 valence electrons. The molecule has 0 aliphatic heterocycles. The Kier molecular flexibility index (Phi) is 30.7. The molecule has 0 aliphatic rings. The normalized spacial score (nSPS) is 7.60. The Hall–Kier alpha value is 0.293. The van der Waals surface area contributed by atoms with E-state index in [2.05, 4.69) is 70.2 Å². The summed E-state index contributed by atoms with van der Waals surface area (Å²) in [5, 5.41) is 2.66. The van der Waals surface area contributed by atoms with E-state index in [1.165, 1.54) is 23.6 Å². The van der Waals surface area contributed by atoms with Gasteiger partial charge in [-0.1, -0.05) is 32.8 Å². The molecule has 0 N–H and O–H groups in total. The molecule has 3 heteroatoms. The summed E-state index contributed by atoms with van der Waals surface area (Å²) in [7, 11) is 0. The summed E-state index contributed by atoms with van der Waals surface area (Å²) < 4.78 is 0. The summed E-state index contributed by atoms with van der Waals surface area (Å²) in [6, 6.07) is 14.7. The van der Waals surface area contributed by atoms with Crippen molar-refractivity contribution in [1.29, 1.82) is 0 Å². The maximum atomic E-state index is 3.60. The summed E-state index contributed by atoms with van der Waals surface area (Å²) in [4.78, 5) is 0. The Balaban J connectivity index is -0.000000103. The molecule has 2 aromatic carbocycles. The maximum Gasteiger partial charge on any atom is 2.00 e. The van der Waals surface area contributed by atoms with Crippen LogP contribution in [0.2, 0.25) is 0 Å². The molecule has 0 amide bonds. The number of rotatable bonds is 2. The number of hydrogen-bond acceptors (Lipinski definition) is 0. The van der Waals surface area contributed by atoms with Crippen LogP contribution >= 0.6 is 0 Å². The van der Waals surface area contributed by atoms with Gasteiger partial charge in [-0.15, -0.1) is 29.7 Å². The van der Waals surface area contributed by atoms with E-state index in [1.807, 2.05) is 0 Å². The van der Waals surface area contributed by atoms with Crippen LogP contribution in [-0.2, 0) is 26.2 Å². The fourth-order valence-corrected chi connectivity index (χ4v) is 1.07. The van der Waals surface area contributed by atoms with Crippen LogP contribution in [0.15, 0.2) is 42.5 Å². The second-order valence-electron chi connectivity index (χ2n) is 3.86. The van der Waals surface area contributed by atoms with Gasteiger partial charge in [0.15, 0.2) is 0 Å². The molecule has 0 spiro atoms. The molecule has 0 radical (unpaired) electrons. The van der Waals surface area contributed by atoms with Crippen molar-refractivity contribution < 1.29 is 51.0 Å². The SMILES string of the molecule is [CH2-]CCC.[CH2-]CCC.[Cl-].[Cl-].[Zr+2].c1ccc2[cH-]ccc2c1. The first kappa shape index (κ1) is 28.5. The molecule has 0 unspecified atom stereocenters. The molecule has 20 heavy (non-hydrogen) atoms. The number of hydrogen-bond donors (Lipinski definition) is 0. The quantitative estimate of drug-likeness (QED) is 0.623. The molecule has 0 aromatic heterocycles. The smallest absolute Gasteiger partial charge is 1.00 e. The first-order valence-corrected chi connectivity index (χ1v) is 6.49. The first-order valence-electron chi connectivity index (χ1n) is 6.49. The molecule has 0 saturated heterocycles. The third-order valence-electron chi connectivity index (χ3n) is 2.25. The van der Waals surface area contributed by atoms with E-state index in [4.69, 9.17) is 0 Å². The zero-order valence-corrected chi connectivity index (χ0v) is 16.5. The largest absolute Gasteiger partial charge is 2.00 e. The average Bonchev–Trinajstić information content (AvgIpc) is 2.87. The van der Waals surface area contributed by atoms with Crippen molar-refractivity contribution in [1.82, 2.24) is 0 Å². The molecule has 0 heterocycles. The Morgan fingerprint density at radius 3 is 1.75 bits per heavy atom. The zero-order valence-electron chi connectivity index (χ0n) is 12.5. The fraction of sp³-hybridized carbons (Fsp3) is 0.353. The average molecular weight is 392 g/mol. The minimum absolute atomic E-state index is 0. The minimum Gasteiger partial charge on any atom is -1.00 e. The Morgan fingerprint density at radius 2 is 1.35 bits per heavy atom. The molecule has 2 aromatic rings. The van der Waals surface area contributed by atoms with Crippen LogP contribution in [0.5, 0.6) is 0 Å². The van der Waals surface area contributed by atoms with Gasteiger partial charge in [-0.3, -0.25) is 0 Å². The molecular formula is C17H25Cl2Zr-3. The van der Waals surface area contributed by atoms with Crippen LogP contribution in [0.25, 0.3) is 10.8 Å². The Labute approximate surface area is 157 Å². The van der Waals surface area contributed by atoms with Crippen molar-refractivity contribution in [3.63, 3.8) is 0 Å². The number of halogens is 2. The molecule has 0 fully saturated rings. The standard InChI is InChI=1S/C9H7.2C4H9.2ClH.Zr/c1-2-5-9-7-3-6-8(9)4-1;2*1-3-4-2;;;/h1-7H;2*1,3-4H2,2H3;2*1H;/q3*-1;;;+2/p-2. The van der Waals surface area contributed by atoms with Gasteiger partial charge in [0.25, 0.3) is 0 Å². The van der Waals surface area contributed by atoms with Crippen molar-refractivity contribution in [3.8, 4) is 0 Å². The van der Waals surface area contributed by atoms with E-state index < -0.39 is 0 Å². The first-order chi connectivity index (χ1) is 8.29. The minimum atomic E-state index is 0. The second-order valence-corrected chi connectivity index (χ2v) is 3.86. The monoisotopic (exact) mass is 389 g/mol. The van der Waals surface area contributed by atoms with Gasteiger partial charge in [0.05, 0.1) is 0 Å². The number of benzene rings is 1. The summed E-state index contributed by atoms with van der Waals surface area (Å²) in [5.74, 6) is 0. The predicted molar refractivity (Wildman–Crippen MR) is 80.1 cm³/mol. The molecule has 0 bridgehead atoms. The zero-order chi connectivity index (χ0) is 12.9. The summed E-state index contributed by atoms with van der Waals surface area (Å²) in [6.45, 7) is 11.4. The van der Waals surface area contributed by atoms with Gasteiger partial charge in [0, 0.05) is 0 Å². The van der Waals surface area contributed by atoms with E-state index in [0.717, 1.165) is 12.8 Å². The van der Waals surface area contributed by atoms with E-state index in [0.29, 0.717) is 0 Å². The van der Waals surface area contributed by atoms with Crippen molar-refractivity contribution in [3.05, 3.63) is 56.3 Å². The summed E-state index contributed by atoms with van der Waals surface area (Å²) in [6.07, 6.45) is 4.56.